The van der Waals surface area contributed by atoms with E-state index in [-0.39, 0.29) is 28.8 Å². The first-order valence-electron chi connectivity index (χ1n) is 16.5. The summed E-state index contributed by atoms with van der Waals surface area (Å²) in [5, 5.41) is 21.6. The zero-order valence-electron chi connectivity index (χ0n) is 26.3. The molecule has 41 heavy (non-hydrogen) atoms. The molecule has 0 amide bonds. The molecule has 6 rings (SSSR count). The smallest absolute Gasteiger partial charge is 0.312 e. The number of benzene rings is 1. The summed E-state index contributed by atoms with van der Waals surface area (Å²) in [6.07, 6.45) is 9.90. The summed E-state index contributed by atoms with van der Waals surface area (Å²) in [4.78, 5) is 14.2. The van der Waals surface area contributed by atoms with Gasteiger partial charge >= 0.3 is 5.97 Å². The number of hydrogen-bond donors (Lipinski definition) is 2. The van der Waals surface area contributed by atoms with Crippen molar-refractivity contribution in [2.45, 2.75) is 112 Å². The molecule has 0 radical (unpaired) electrons. The Morgan fingerprint density at radius 1 is 0.902 bits per heavy atom. The number of hydrogen-bond acceptors (Lipinski definition) is 4. The second-order valence-electron chi connectivity index (χ2n) is 16.1. The Morgan fingerprint density at radius 2 is 1.63 bits per heavy atom. The van der Waals surface area contributed by atoms with Crippen molar-refractivity contribution in [3.05, 3.63) is 48.0 Å². The number of esters is 1. The molecular formula is C37H54O4. The summed E-state index contributed by atoms with van der Waals surface area (Å²) >= 11 is 0. The maximum atomic E-state index is 14.2. The minimum absolute atomic E-state index is 0.0279. The van der Waals surface area contributed by atoms with Crippen LogP contribution in [0.15, 0.2) is 42.5 Å². The molecule has 4 nitrogen and oxygen atoms in total. The lowest BCUT2D eigenvalue weighted by Crippen LogP contribution is -2.67. The van der Waals surface area contributed by atoms with Crippen molar-refractivity contribution < 1.29 is 19.7 Å². The molecule has 0 bridgehead atoms. The van der Waals surface area contributed by atoms with Gasteiger partial charge in [0, 0.05) is 5.41 Å². The van der Waals surface area contributed by atoms with E-state index in [2.05, 4.69) is 41.2 Å². The Kier molecular flexibility index (Phi) is 7.14. The van der Waals surface area contributed by atoms with Gasteiger partial charge in [0.25, 0.3) is 0 Å². The fraction of sp³-hybridized carbons (Fsp3) is 0.757. The van der Waals surface area contributed by atoms with E-state index >= 15 is 0 Å². The first kappa shape index (κ1) is 29.4. The van der Waals surface area contributed by atoms with Gasteiger partial charge in [-0.2, -0.15) is 0 Å². The van der Waals surface area contributed by atoms with Crippen LogP contribution in [0.5, 0.6) is 0 Å². The number of aliphatic hydroxyl groups excluding tert-OH is 2. The molecular weight excluding hydrogens is 508 g/mol. The van der Waals surface area contributed by atoms with E-state index in [1.807, 2.05) is 30.3 Å². The lowest BCUT2D eigenvalue weighted by molar-refractivity contribution is -0.254. The second-order valence-corrected chi connectivity index (χ2v) is 16.1. The normalized spacial score (nSPS) is 48.8. The molecule has 226 valence electrons. The Labute approximate surface area is 248 Å². The van der Waals surface area contributed by atoms with Crippen molar-refractivity contribution in [2.24, 2.45) is 56.7 Å². The second kappa shape index (κ2) is 9.94. The molecule has 4 heteroatoms. The number of carbonyl (C=O) groups excluding carboxylic acids is 1. The molecule has 5 fully saturated rings. The van der Waals surface area contributed by atoms with E-state index in [1.165, 1.54) is 12.0 Å². The van der Waals surface area contributed by atoms with Crippen molar-refractivity contribution in [3.8, 4) is 0 Å². The van der Waals surface area contributed by atoms with Crippen LogP contribution in [0.3, 0.4) is 0 Å². The summed E-state index contributed by atoms with van der Waals surface area (Å²) in [6, 6.07) is 10.1. The molecule has 11 atom stereocenters. The molecule has 1 aromatic carbocycles. The van der Waals surface area contributed by atoms with Gasteiger partial charge in [0.1, 0.15) is 6.61 Å². The molecule has 0 aliphatic heterocycles. The van der Waals surface area contributed by atoms with Crippen molar-refractivity contribution in [1.29, 1.82) is 0 Å². The molecule has 2 N–H and O–H groups in total. The quantitative estimate of drug-likeness (QED) is 0.285. The first-order valence-corrected chi connectivity index (χ1v) is 16.5. The topological polar surface area (TPSA) is 66.8 Å². The van der Waals surface area contributed by atoms with Crippen molar-refractivity contribution in [1.82, 2.24) is 0 Å². The number of fused-ring (bicyclic) bond motifs is 7. The number of rotatable bonds is 5. The zero-order valence-corrected chi connectivity index (χ0v) is 26.3. The van der Waals surface area contributed by atoms with Gasteiger partial charge in [0.2, 0.25) is 0 Å². The minimum atomic E-state index is -0.424. The van der Waals surface area contributed by atoms with E-state index in [0.29, 0.717) is 36.2 Å². The van der Waals surface area contributed by atoms with Gasteiger partial charge in [-0.25, -0.2) is 0 Å². The highest BCUT2D eigenvalue weighted by Crippen LogP contribution is 2.77. The summed E-state index contributed by atoms with van der Waals surface area (Å²) < 4.78 is 6.16. The average Bonchev–Trinajstić information content (AvgIpc) is 3.36. The summed E-state index contributed by atoms with van der Waals surface area (Å²) in [6.45, 7) is 16.9. The maximum Gasteiger partial charge on any atom is 0.312 e. The number of aliphatic hydroxyl groups is 2. The van der Waals surface area contributed by atoms with Gasteiger partial charge in [-0.1, -0.05) is 70.2 Å². The number of carbonyl (C=O) groups is 1. The predicted molar refractivity (Wildman–Crippen MR) is 163 cm³/mol. The van der Waals surface area contributed by atoms with Gasteiger partial charge in [-0.05, 0) is 123 Å². The third-order valence-corrected chi connectivity index (χ3v) is 14.8. The SMILES string of the molecule is C=C(C)[C@@H]1CC[C@]2(C(=O)OCc3ccccc3)CC[C@]3(C)C(CCC4[C@@]5(C)CCC(O)[C@@](C)(CO)[C@@H]5CC[C@]43C)[C@@H]12. The van der Waals surface area contributed by atoms with Crippen molar-refractivity contribution in [2.75, 3.05) is 6.61 Å². The third-order valence-electron chi connectivity index (χ3n) is 14.8. The molecule has 1 aromatic rings. The Morgan fingerprint density at radius 3 is 2.32 bits per heavy atom. The van der Waals surface area contributed by atoms with Crippen LogP contribution < -0.4 is 0 Å². The highest BCUT2D eigenvalue weighted by molar-refractivity contribution is 5.78. The maximum absolute atomic E-state index is 14.2. The summed E-state index contributed by atoms with van der Waals surface area (Å²) in [5.41, 5.74) is 1.88. The first-order chi connectivity index (χ1) is 19.4. The number of ether oxygens (including phenoxy) is 1. The summed E-state index contributed by atoms with van der Waals surface area (Å²) in [7, 11) is 0. The zero-order chi connectivity index (χ0) is 29.4. The van der Waals surface area contributed by atoms with Gasteiger partial charge in [-0.3, -0.25) is 4.79 Å². The predicted octanol–water partition coefficient (Wildman–Crippen LogP) is 7.72. The van der Waals surface area contributed by atoms with E-state index in [4.69, 9.17) is 4.74 Å². The van der Waals surface area contributed by atoms with E-state index in [9.17, 15) is 15.0 Å². The molecule has 0 heterocycles. The van der Waals surface area contributed by atoms with Crippen molar-refractivity contribution >= 4 is 5.97 Å². The fourth-order valence-electron chi connectivity index (χ4n) is 12.4. The molecule has 0 saturated heterocycles. The Balaban J connectivity index is 1.34. The third kappa shape index (κ3) is 3.94. The fourth-order valence-corrected chi connectivity index (χ4v) is 12.4. The molecule has 5 aliphatic carbocycles. The average molecular weight is 563 g/mol. The highest BCUT2D eigenvalue weighted by atomic mass is 16.5. The lowest BCUT2D eigenvalue weighted by atomic mass is 9.32. The van der Waals surface area contributed by atoms with Crippen molar-refractivity contribution in [3.63, 3.8) is 0 Å². The monoisotopic (exact) mass is 562 g/mol. The standard InChI is InChI=1S/C37H54O4/c1-24(2)26-14-19-37(32(40)41-22-25-10-8-7-9-11-25)21-20-35(5)27(31(26)37)12-13-29-33(3)17-16-30(39)34(4,23-38)28(33)15-18-36(29,35)6/h7-11,26-31,38-39H,1,12-23H2,2-6H3/t26-,27?,28+,29?,30?,31+,33-,34-,35+,36+,37-/m0/s1. The molecule has 0 spiro atoms. The van der Waals surface area contributed by atoms with Crippen LogP contribution in [-0.4, -0.2) is 28.9 Å². The van der Waals surface area contributed by atoms with E-state index in [0.717, 1.165) is 63.4 Å². The molecule has 3 unspecified atom stereocenters. The van der Waals surface area contributed by atoms with Gasteiger partial charge < -0.3 is 14.9 Å². The molecule has 5 aliphatic rings. The Bertz CT molecular complexity index is 1180. The van der Waals surface area contributed by atoms with Crippen LogP contribution in [-0.2, 0) is 16.1 Å². The number of allylic oxidation sites excluding steroid dienone is 1. The molecule has 5 saturated carbocycles. The van der Waals surface area contributed by atoms with Gasteiger partial charge in [0.15, 0.2) is 0 Å². The largest absolute Gasteiger partial charge is 0.460 e. The van der Waals surface area contributed by atoms with Crippen LogP contribution in [0.1, 0.15) is 104 Å². The van der Waals surface area contributed by atoms with Gasteiger partial charge in [0.05, 0.1) is 18.1 Å². The van der Waals surface area contributed by atoms with Crippen LogP contribution in [0, 0.1) is 56.7 Å². The van der Waals surface area contributed by atoms with Crippen LogP contribution in [0.25, 0.3) is 0 Å². The van der Waals surface area contributed by atoms with E-state index < -0.39 is 16.9 Å². The van der Waals surface area contributed by atoms with Gasteiger partial charge in [-0.15, -0.1) is 0 Å². The molecule has 0 aromatic heterocycles. The lowest BCUT2D eigenvalue weighted by Gasteiger charge is -2.72. The Hall–Kier alpha value is -1.65. The van der Waals surface area contributed by atoms with Crippen LogP contribution in [0.2, 0.25) is 0 Å². The van der Waals surface area contributed by atoms with Crippen LogP contribution in [0.4, 0.5) is 0 Å². The highest BCUT2D eigenvalue weighted by Gasteiger charge is 2.72. The van der Waals surface area contributed by atoms with Crippen LogP contribution >= 0.6 is 0 Å². The minimum Gasteiger partial charge on any atom is -0.460 e. The summed E-state index contributed by atoms with van der Waals surface area (Å²) in [5.74, 6) is 2.08. The van der Waals surface area contributed by atoms with E-state index in [1.54, 1.807) is 0 Å².